The molecule has 10 heavy (non-hydrogen) atoms. The molecule has 0 saturated carbocycles. The highest BCUT2D eigenvalue weighted by Gasteiger charge is 2.08. The van der Waals surface area contributed by atoms with Gasteiger partial charge in [-0.2, -0.15) is 0 Å². The molecule has 0 spiro atoms. The van der Waals surface area contributed by atoms with Crippen LogP contribution in [0.1, 0.15) is 0 Å². The molecule has 0 amide bonds. The van der Waals surface area contributed by atoms with Crippen LogP contribution < -0.4 is 0 Å². The van der Waals surface area contributed by atoms with Crippen LogP contribution in [0.3, 0.4) is 0 Å². The van der Waals surface area contributed by atoms with Crippen molar-refractivity contribution >= 4 is 11.6 Å². The monoisotopic (exact) mass is 154 g/mol. The molecule has 2 aliphatic heterocycles. The van der Waals surface area contributed by atoms with Crippen molar-refractivity contribution in [3.8, 4) is 11.4 Å². The Labute approximate surface area is 61.6 Å². The second-order valence-electron chi connectivity index (χ2n) is 1.81. The first-order valence-corrected chi connectivity index (χ1v) is 3.07. The van der Waals surface area contributed by atoms with Gasteiger partial charge in [-0.1, -0.05) is 16.8 Å². The Morgan fingerprint density at radius 3 is 3.20 bits per heavy atom. The van der Waals surface area contributed by atoms with Crippen molar-refractivity contribution in [2.24, 2.45) is 0 Å². The summed E-state index contributed by atoms with van der Waals surface area (Å²) < 4.78 is 0. The van der Waals surface area contributed by atoms with Gasteiger partial charge in [0.05, 0.1) is 5.69 Å². The van der Waals surface area contributed by atoms with Crippen LogP contribution in [0.4, 0.5) is 0 Å². The van der Waals surface area contributed by atoms with Crippen molar-refractivity contribution in [1.82, 2.24) is 20.4 Å². The first-order chi connectivity index (χ1) is 4.88. The Kier molecular flexibility index (Phi) is 1.07. The smallest absolute Gasteiger partial charge is 0.181 e. The summed E-state index contributed by atoms with van der Waals surface area (Å²) in [5, 5.41) is 10.1. The summed E-state index contributed by atoms with van der Waals surface area (Å²) in [5.74, 6) is 0. The fourth-order valence-corrected chi connectivity index (χ4v) is 0.948. The molecule has 2 rings (SSSR count). The first kappa shape index (κ1) is 5.61. The number of nitrogens with zero attached hydrogens (tertiary/aromatic N) is 3. The van der Waals surface area contributed by atoms with Gasteiger partial charge >= 0.3 is 0 Å². The van der Waals surface area contributed by atoms with E-state index in [-0.39, 0.29) is 0 Å². The van der Waals surface area contributed by atoms with Crippen molar-refractivity contribution in [2.75, 3.05) is 0 Å². The highest BCUT2D eigenvalue weighted by molar-refractivity contribution is 6.31. The average Bonchev–Trinajstić information content (AvgIpc) is 2.36. The Morgan fingerprint density at radius 1 is 1.50 bits per heavy atom. The molecular formula is C5H3ClN4. The molecule has 0 bridgehead atoms. The summed E-state index contributed by atoms with van der Waals surface area (Å²) in [6, 6.07) is 1.79. The summed E-state index contributed by atoms with van der Waals surface area (Å²) >= 11 is 5.64. The second-order valence-corrected chi connectivity index (χ2v) is 2.17. The lowest BCUT2D eigenvalue weighted by Gasteiger charge is -1.94. The molecule has 50 valence electrons. The molecule has 0 fully saturated rings. The van der Waals surface area contributed by atoms with Gasteiger partial charge in [-0.25, -0.2) is 0 Å². The summed E-state index contributed by atoms with van der Waals surface area (Å²) in [6.45, 7) is 0. The lowest BCUT2D eigenvalue weighted by molar-refractivity contribution is 0.867. The molecule has 0 radical (unpaired) electrons. The lowest BCUT2D eigenvalue weighted by Crippen LogP contribution is -1.91. The Bertz CT molecular complexity index is 318. The van der Waals surface area contributed by atoms with Crippen molar-refractivity contribution in [1.29, 1.82) is 0 Å². The zero-order chi connectivity index (χ0) is 6.97. The lowest BCUT2D eigenvalue weighted by atomic mass is 10.4. The minimum Gasteiger partial charge on any atom is -0.257 e. The SMILES string of the molecule is Clc1nn[nH]c2ccnc1-2. The molecule has 2 heterocycles. The average molecular weight is 155 g/mol. The predicted octanol–water partition coefficient (Wildman–Crippen LogP) is 0.958. The first-order valence-electron chi connectivity index (χ1n) is 2.69. The van der Waals surface area contributed by atoms with Gasteiger partial charge in [0, 0.05) is 6.20 Å². The molecule has 0 aromatic rings. The van der Waals surface area contributed by atoms with E-state index in [4.69, 9.17) is 11.6 Å². The molecule has 1 N–H and O–H groups in total. The molecule has 0 atom stereocenters. The quantitative estimate of drug-likeness (QED) is 0.615. The number of H-pyrrole nitrogens is 1. The van der Waals surface area contributed by atoms with E-state index in [9.17, 15) is 0 Å². The van der Waals surface area contributed by atoms with Gasteiger partial charge in [-0.3, -0.25) is 10.1 Å². The number of hydrogen-bond acceptors (Lipinski definition) is 3. The van der Waals surface area contributed by atoms with Crippen LogP contribution in [-0.4, -0.2) is 20.4 Å². The maximum Gasteiger partial charge on any atom is 0.181 e. The standard InChI is InChI=1S/C5H3ClN4/c6-5-4-3(1-2-7-4)8-10-9-5/h1-2H,(H,8,9). The van der Waals surface area contributed by atoms with E-state index in [1.807, 2.05) is 0 Å². The molecule has 5 heteroatoms. The number of aromatic nitrogens is 4. The fraction of sp³-hybridized carbons (Fsp3) is 0. The normalized spacial score (nSPS) is 10.5. The predicted molar refractivity (Wildman–Crippen MR) is 35.8 cm³/mol. The van der Waals surface area contributed by atoms with Gasteiger partial charge in [0.15, 0.2) is 5.15 Å². The van der Waals surface area contributed by atoms with Gasteiger partial charge in [-0.15, -0.1) is 5.10 Å². The summed E-state index contributed by atoms with van der Waals surface area (Å²) in [7, 11) is 0. The molecule has 0 saturated heterocycles. The third kappa shape index (κ3) is 0.657. The third-order valence-electron chi connectivity index (χ3n) is 1.20. The number of halogens is 1. The van der Waals surface area contributed by atoms with Crippen molar-refractivity contribution in [3.05, 3.63) is 17.4 Å². The van der Waals surface area contributed by atoms with Gasteiger partial charge in [0.2, 0.25) is 0 Å². The van der Waals surface area contributed by atoms with Gasteiger partial charge in [-0.05, 0) is 6.07 Å². The number of fused-ring (bicyclic) bond motifs is 1. The van der Waals surface area contributed by atoms with Crippen LogP contribution >= 0.6 is 11.6 Å². The van der Waals surface area contributed by atoms with Crippen LogP contribution in [0.25, 0.3) is 11.4 Å². The molecule has 0 aromatic carbocycles. The Hall–Kier alpha value is -1.16. The highest BCUT2D eigenvalue weighted by atomic mass is 35.5. The summed E-state index contributed by atoms with van der Waals surface area (Å²) in [6.07, 6.45) is 1.65. The van der Waals surface area contributed by atoms with E-state index in [2.05, 4.69) is 20.4 Å². The van der Waals surface area contributed by atoms with Crippen molar-refractivity contribution in [2.45, 2.75) is 0 Å². The van der Waals surface area contributed by atoms with Crippen LogP contribution in [-0.2, 0) is 0 Å². The van der Waals surface area contributed by atoms with Crippen LogP contribution in [0, 0.1) is 0 Å². The van der Waals surface area contributed by atoms with Gasteiger partial charge < -0.3 is 0 Å². The van der Waals surface area contributed by atoms with Crippen LogP contribution in [0.15, 0.2) is 12.3 Å². The zero-order valence-electron chi connectivity index (χ0n) is 4.87. The maximum absolute atomic E-state index is 5.64. The van der Waals surface area contributed by atoms with E-state index in [1.54, 1.807) is 12.3 Å². The number of aromatic amines is 1. The zero-order valence-corrected chi connectivity index (χ0v) is 5.63. The van der Waals surface area contributed by atoms with Gasteiger partial charge in [0.1, 0.15) is 5.69 Å². The van der Waals surface area contributed by atoms with E-state index in [0.717, 1.165) is 5.69 Å². The van der Waals surface area contributed by atoms with E-state index in [0.29, 0.717) is 10.8 Å². The second kappa shape index (κ2) is 1.91. The van der Waals surface area contributed by atoms with Crippen LogP contribution in [0.5, 0.6) is 0 Å². The molecule has 2 aliphatic rings. The fourth-order valence-electron chi connectivity index (χ4n) is 0.760. The number of rotatable bonds is 0. The van der Waals surface area contributed by atoms with Crippen LogP contribution in [0.2, 0.25) is 5.15 Å². The van der Waals surface area contributed by atoms with Crippen molar-refractivity contribution < 1.29 is 0 Å². The van der Waals surface area contributed by atoms with Gasteiger partial charge in [0.25, 0.3) is 0 Å². The highest BCUT2D eigenvalue weighted by Crippen LogP contribution is 2.21. The van der Waals surface area contributed by atoms with E-state index >= 15 is 0 Å². The summed E-state index contributed by atoms with van der Waals surface area (Å²) in [4.78, 5) is 3.95. The summed E-state index contributed by atoms with van der Waals surface area (Å²) in [5.41, 5.74) is 1.47. The third-order valence-corrected chi connectivity index (χ3v) is 1.46. The molecule has 4 nitrogen and oxygen atoms in total. The number of hydrogen-bond donors (Lipinski definition) is 1. The molecular weight excluding hydrogens is 152 g/mol. The topological polar surface area (TPSA) is 54.5 Å². The largest absolute Gasteiger partial charge is 0.257 e. The molecule has 0 unspecified atom stereocenters. The van der Waals surface area contributed by atoms with Crippen molar-refractivity contribution in [3.63, 3.8) is 0 Å². The van der Waals surface area contributed by atoms with E-state index < -0.39 is 0 Å². The molecule has 0 aromatic heterocycles. The Morgan fingerprint density at radius 2 is 2.40 bits per heavy atom. The van der Waals surface area contributed by atoms with E-state index in [1.165, 1.54) is 0 Å². The minimum absolute atomic E-state index is 0.332. The minimum atomic E-state index is 0.332. The Balaban J connectivity index is 2.80. The molecule has 0 aliphatic carbocycles. The number of nitrogens with one attached hydrogen (secondary N) is 1. The maximum atomic E-state index is 5.64.